The summed E-state index contributed by atoms with van der Waals surface area (Å²) in [6.07, 6.45) is 7.23. The molecule has 0 radical (unpaired) electrons. The van der Waals surface area contributed by atoms with Gasteiger partial charge in [0.15, 0.2) is 0 Å². The van der Waals surface area contributed by atoms with Gasteiger partial charge in [0.2, 0.25) is 0 Å². The lowest BCUT2D eigenvalue weighted by atomic mass is 9.95. The minimum atomic E-state index is 0.282. The fourth-order valence-electron chi connectivity index (χ4n) is 5.37. The van der Waals surface area contributed by atoms with E-state index in [4.69, 9.17) is 14.5 Å². The average Bonchev–Trinajstić information content (AvgIpc) is 2.90. The molecule has 2 aromatic rings. The second-order valence-electron chi connectivity index (χ2n) is 10.5. The average molecular weight is 510 g/mol. The van der Waals surface area contributed by atoms with Gasteiger partial charge in [-0.15, -0.1) is 0 Å². The van der Waals surface area contributed by atoms with Gasteiger partial charge in [0.1, 0.15) is 5.82 Å². The van der Waals surface area contributed by atoms with E-state index < -0.39 is 0 Å². The molecule has 3 heterocycles. The molecule has 7 nitrogen and oxygen atoms in total. The Morgan fingerprint density at radius 1 is 1.08 bits per heavy atom. The summed E-state index contributed by atoms with van der Waals surface area (Å²) in [6, 6.07) is 11.7. The number of methoxy groups -OCH3 is 1. The molecule has 1 saturated heterocycles. The van der Waals surface area contributed by atoms with E-state index in [2.05, 4.69) is 65.0 Å². The first-order valence-electron chi connectivity index (χ1n) is 14.2. The number of benzene rings is 1. The molecule has 1 aromatic carbocycles. The fourth-order valence-corrected chi connectivity index (χ4v) is 5.37. The number of anilines is 2. The highest BCUT2D eigenvalue weighted by atomic mass is 16.5. The Bertz CT molecular complexity index is 978. The van der Waals surface area contributed by atoms with Crippen molar-refractivity contribution in [2.24, 2.45) is 0 Å². The molecule has 1 fully saturated rings. The van der Waals surface area contributed by atoms with Crippen LogP contribution in [0.5, 0.6) is 0 Å². The first kappa shape index (κ1) is 27.8. The summed E-state index contributed by atoms with van der Waals surface area (Å²) >= 11 is 0. The van der Waals surface area contributed by atoms with Gasteiger partial charge in [-0.3, -0.25) is 4.90 Å². The highest BCUT2D eigenvalue weighted by Gasteiger charge is 2.33. The van der Waals surface area contributed by atoms with Gasteiger partial charge in [0.25, 0.3) is 0 Å². The lowest BCUT2D eigenvalue weighted by molar-refractivity contribution is -0.0705. The first-order chi connectivity index (χ1) is 18.1. The Balaban J connectivity index is 1.17. The third kappa shape index (κ3) is 7.44. The van der Waals surface area contributed by atoms with Gasteiger partial charge in [0.05, 0.1) is 12.7 Å². The molecule has 0 saturated carbocycles. The van der Waals surface area contributed by atoms with Crippen molar-refractivity contribution < 1.29 is 9.47 Å². The van der Waals surface area contributed by atoms with Crippen LogP contribution in [0.3, 0.4) is 0 Å². The Hall–Kier alpha value is -2.19. The summed E-state index contributed by atoms with van der Waals surface area (Å²) in [4.78, 5) is 7.34. The molecule has 0 spiro atoms. The summed E-state index contributed by atoms with van der Waals surface area (Å²) in [5, 5.41) is 10.5. The second kappa shape index (κ2) is 14.1. The third-order valence-corrected chi connectivity index (χ3v) is 7.89. The highest BCUT2D eigenvalue weighted by Crippen LogP contribution is 2.35. The van der Waals surface area contributed by atoms with Gasteiger partial charge in [0, 0.05) is 63.4 Å². The number of ether oxygens (including phenoxy) is 2. The van der Waals surface area contributed by atoms with Crippen LogP contribution in [0.1, 0.15) is 74.0 Å². The molecule has 2 aliphatic heterocycles. The third-order valence-electron chi connectivity index (χ3n) is 7.89. The van der Waals surface area contributed by atoms with Crippen LogP contribution in [0.4, 0.5) is 11.5 Å². The Morgan fingerprint density at radius 3 is 2.73 bits per heavy atom. The summed E-state index contributed by atoms with van der Waals surface area (Å²) in [6.45, 7) is 9.90. The van der Waals surface area contributed by atoms with Crippen LogP contribution in [0.15, 0.2) is 30.3 Å². The predicted molar refractivity (Wildman–Crippen MR) is 153 cm³/mol. The monoisotopic (exact) mass is 509 g/mol. The molecule has 37 heavy (non-hydrogen) atoms. The fraction of sp³-hybridized carbons (Fsp3) is 0.633. The maximum absolute atomic E-state index is 6.20. The first-order valence-corrected chi connectivity index (χ1v) is 14.2. The van der Waals surface area contributed by atoms with Gasteiger partial charge in [-0.25, -0.2) is 4.98 Å². The summed E-state index contributed by atoms with van der Waals surface area (Å²) in [7, 11) is 3.76. The zero-order chi connectivity index (χ0) is 26.0. The number of rotatable bonds is 15. The van der Waals surface area contributed by atoms with Crippen molar-refractivity contribution in [3.05, 3.63) is 52.7 Å². The van der Waals surface area contributed by atoms with Crippen molar-refractivity contribution in [1.29, 1.82) is 0 Å². The van der Waals surface area contributed by atoms with Crippen molar-refractivity contribution in [3.8, 4) is 0 Å². The van der Waals surface area contributed by atoms with E-state index in [1.54, 1.807) is 7.11 Å². The number of pyridine rings is 1. The zero-order valence-electron chi connectivity index (χ0n) is 23.3. The molecular formula is C30H47N5O2. The van der Waals surface area contributed by atoms with Gasteiger partial charge in [-0.05, 0) is 75.8 Å². The smallest absolute Gasteiger partial charge is 0.129 e. The molecular weight excluding hydrogens is 462 g/mol. The molecule has 7 heteroatoms. The van der Waals surface area contributed by atoms with E-state index in [1.165, 1.54) is 47.3 Å². The molecule has 2 unspecified atom stereocenters. The van der Waals surface area contributed by atoms with Crippen LogP contribution in [0.2, 0.25) is 0 Å². The van der Waals surface area contributed by atoms with Crippen molar-refractivity contribution in [2.45, 2.75) is 70.6 Å². The maximum atomic E-state index is 6.20. The van der Waals surface area contributed by atoms with Crippen molar-refractivity contribution in [3.63, 3.8) is 0 Å². The van der Waals surface area contributed by atoms with E-state index in [-0.39, 0.29) is 6.04 Å². The Labute approximate surface area is 223 Å². The molecule has 3 N–H and O–H groups in total. The normalized spacial score (nSPS) is 17.5. The van der Waals surface area contributed by atoms with Crippen molar-refractivity contribution in [2.75, 3.05) is 64.2 Å². The number of hydrogen-bond donors (Lipinski definition) is 3. The molecule has 2 atom stereocenters. The van der Waals surface area contributed by atoms with Crippen LogP contribution in [-0.2, 0) is 22.3 Å². The summed E-state index contributed by atoms with van der Waals surface area (Å²) in [5.41, 5.74) is 6.47. The van der Waals surface area contributed by atoms with Gasteiger partial charge in [-0.2, -0.15) is 0 Å². The van der Waals surface area contributed by atoms with E-state index in [9.17, 15) is 0 Å². The number of para-hydroxylation sites is 1. The number of nitrogens with one attached hydrogen (secondary N) is 3. The standard InChI is InChI=1S/C30H47N5O2/c1-22(31-3)27-12-8-13-28(29(27)32-17-19-36-4)23(2)35-20-26(21-35)37-18-7-5-6-11-25-15-14-24-10-9-16-33-30(24)34-25/h8,12-15,22-23,26,31-32H,5-7,9-11,16-21H2,1-4H3,(H,33,34). The number of fused-ring (bicyclic) bond motifs is 1. The number of aromatic nitrogens is 1. The van der Waals surface area contributed by atoms with E-state index in [1.807, 2.05) is 7.05 Å². The van der Waals surface area contributed by atoms with Gasteiger partial charge in [-0.1, -0.05) is 30.7 Å². The van der Waals surface area contributed by atoms with Crippen molar-refractivity contribution >= 4 is 11.5 Å². The molecule has 1 aromatic heterocycles. The molecule has 2 aliphatic rings. The SMILES string of the molecule is CNC(C)c1cccc(C(C)N2CC(OCCCCCc3ccc4c(n3)NCCC4)C2)c1NCCOC. The van der Waals surface area contributed by atoms with E-state index in [0.29, 0.717) is 18.8 Å². The lowest BCUT2D eigenvalue weighted by Gasteiger charge is -2.43. The molecule has 0 aliphatic carbocycles. The van der Waals surface area contributed by atoms with Crippen LogP contribution in [-0.4, -0.2) is 69.5 Å². The molecule has 0 bridgehead atoms. The maximum Gasteiger partial charge on any atom is 0.129 e. The highest BCUT2D eigenvalue weighted by molar-refractivity contribution is 5.60. The van der Waals surface area contributed by atoms with Crippen LogP contribution < -0.4 is 16.0 Å². The second-order valence-corrected chi connectivity index (χ2v) is 10.5. The largest absolute Gasteiger partial charge is 0.383 e. The van der Waals surface area contributed by atoms with Crippen LogP contribution in [0.25, 0.3) is 0 Å². The topological polar surface area (TPSA) is 70.7 Å². The molecule has 0 amide bonds. The van der Waals surface area contributed by atoms with Crippen LogP contribution in [0, 0.1) is 0 Å². The van der Waals surface area contributed by atoms with Crippen molar-refractivity contribution in [1.82, 2.24) is 15.2 Å². The molecule has 204 valence electrons. The lowest BCUT2D eigenvalue weighted by Crippen LogP contribution is -2.53. The number of unbranched alkanes of at least 4 members (excludes halogenated alkanes) is 2. The zero-order valence-corrected chi connectivity index (χ0v) is 23.3. The summed E-state index contributed by atoms with van der Waals surface area (Å²) in [5.74, 6) is 1.11. The minimum absolute atomic E-state index is 0.282. The number of nitrogens with zero attached hydrogens (tertiary/aromatic N) is 2. The van der Waals surface area contributed by atoms with Gasteiger partial charge < -0.3 is 25.4 Å². The number of aryl methyl sites for hydroxylation is 2. The summed E-state index contributed by atoms with van der Waals surface area (Å²) < 4.78 is 11.5. The van der Waals surface area contributed by atoms with E-state index >= 15 is 0 Å². The van der Waals surface area contributed by atoms with E-state index in [0.717, 1.165) is 57.9 Å². The molecule has 4 rings (SSSR count). The van der Waals surface area contributed by atoms with Crippen LogP contribution >= 0.6 is 0 Å². The number of likely N-dealkylation sites (tertiary alicyclic amines) is 1. The quantitative estimate of drug-likeness (QED) is 0.293. The number of hydrogen-bond acceptors (Lipinski definition) is 7. The predicted octanol–water partition coefficient (Wildman–Crippen LogP) is 4.95. The Morgan fingerprint density at radius 2 is 1.92 bits per heavy atom. The Kier molecular flexibility index (Phi) is 10.6. The minimum Gasteiger partial charge on any atom is -0.383 e. The van der Waals surface area contributed by atoms with Gasteiger partial charge >= 0.3 is 0 Å².